The van der Waals surface area contributed by atoms with Crippen LogP contribution in [0.25, 0.3) is 0 Å². The van der Waals surface area contributed by atoms with E-state index in [1.54, 1.807) is 24.3 Å². The molecule has 0 aliphatic heterocycles. The number of methoxy groups -OCH3 is 1. The molecule has 1 aliphatic carbocycles. The summed E-state index contributed by atoms with van der Waals surface area (Å²) in [4.78, 5) is 10.9. The second kappa shape index (κ2) is 3.34. The molecule has 0 amide bonds. The van der Waals surface area contributed by atoms with Crippen LogP contribution in [0.4, 0.5) is 0 Å². The maximum Gasteiger partial charge on any atom is 0.315 e. The largest absolute Gasteiger partial charge is 0.468 e. The second-order valence-electron chi connectivity index (χ2n) is 2.31. The lowest BCUT2D eigenvalue weighted by molar-refractivity contribution is -0.146. The van der Waals surface area contributed by atoms with Crippen LogP contribution in [-0.2, 0) is 9.53 Å². The third kappa shape index (κ3) is 1.68. The highest BCUT2D eigenvalue weighted by Gasteiger charge is 2.23. The van der Waals surface area contributed by atoms with Crippen molar-refractivity contribution < 1.29 is 14.6 Å². The Hall–Kier alpha value is -1.09. The van der Waals surface area contributed by atoms with Gasteiger partial charge in [-0.15, -0.1) is 0 Å². The van der Waals surface area contributed by atoms with Gasteiger partial charge in [0.25, 0.3) is 0 Å². The molecule has 2 atom stereocenters. The van der Waals surface area contributed by atoms with Gasteiger partial charge in [-0.1, -0.05) is 24.3 Å². The maximum absolute atomic E-state index is 10.9. The van der Waals surface area contributed by atoms with E-state index in [1.807, 2.05) is 0 Å². The summed E-state index contributed by atoms with van der Waals surface area (Å²) in [5, 5.41) is 9.23. The van der Waals surface area contributed by atoms with E-state index in [0.29, 0.717) is 0 Å². The standard InChI is InChI=1S/C8H10O3/c1-11-8(10)6-4-2-3-5-7(6)9/h2-7,9H,1H3. The summed E-state index contributed by atoms with van der Waals surface area (Å²) < 4.78 is 4.48. The number of hydrogen-bond donors (Lipinski definition) is 1. The van der Waals surface area contributed by atoms with Gasteiger partial charge in [-0.25, -0.2) is 0 Å². The maximum atomic E-state index is 10.9. The first-order chi connectivity index (χ1) is 5.25. The molecule has 0 radical (unpaired) electrons. The first-order valence-corrected chi connectivity index (χ1v) is 3.36. The molecular weight excluding hydrogens is 144 g/mol. The molecule has 2 unspecified atom stereocenters. The highest BCUT2D eigenvalue weighted by Crippen LogP contribution is 2.13. The second-order valence-corrected chi connectivity index (χ2v) is 2.31. The van der Waals surface area contributed by atoms with Crippen LogP contribution in [-0.4, -0.2) is 24.3 Å². The number of esters is 1. The molecule has 0 saturated carbocycles. The highest BCUT2D eigenvalue weighted by molar-refractivity contribution is 5.75. The fourth-order valence-corrected chi connectivity index (χ4v) is 0.949. The van der Waals surface area contributed by atoms with E-state index in [0.717, 1.165) is 0 Å². The third-order valence-electron chi connectivity index (χ3n) is 1.58. The zero-order chi connectivity index (χ0) is 8.27. The quantitative estimate of drug-likeness (QED) is 0.551. The molecule has 0 fully saturated rings. The molecular formula is C8H10O3. The predicted octanol–water partition coefficient (Wildman–Crippen LogP) is 0.262. The van der Waals surface area contributed by atoms with E-state index in [2.05, 4.69) is 4.74 Å². The van der Waals surface area contributed by atoms with Gasteiger partial charge in [-0.2, -0.15) is 0 Å². The minimum atomic E-state index is -0.743. The molecule has 0 aromatic heterocycles. The van der Waals surface area contributed by atoms with Crippen molar-refractivity contribution in [3.8, 4) is 0 Å². The summed E-state index contributed by atoms with van der Waals surface area (Å²) >= 11 is 0. The lowest BCUT2D eigenvalue weighted by atomic mass is 9.98. The van der Waals surface area contributed by atoms with Gasteiger partial charge in [0.1, 0.15) is 5.92 Å². The Morgan fingerprint density at radius 1 is 1.45 bits per heavy atom. The van der Waals surface area contributed by atoms with E-state index >= 15 is 0 Å². The lowest BCUT2D eigenvalue weighted by Crippen LogP contribution is -2.27. The molecule has 3 nitrogen and oxygen atoms in total. The van der Waals surface area contributed by atoms with E-state index in [9.17, 15) is 9.90 Å². The van der Waals surface area contributed by atoms with Crippen LogP contribution in [0.3, 0.4) is 0 Å². The number of aliphatic hydroxyl groups excluding tert-OH is 1. The van der Waals surface area contributed by atoms with Crippen molar-refractivity contribution in [2.75, 3.05) is 7.11 Å². The Labute approximate surface area is 65.0 Å². The Kier molecular flexibility index (Phi) is 2.44. The Bertz CT molecular complexity index is 205. The number of ether oxygens (including phenoxy) is 1. The van der Waals surface area contributed by atoms with E-state index in [-0.39, 0.29) is 0 Å². The molecule has 0 spiro atoms. The zero-order valence-electron chi connectivity index (χ0n) is 6.23. The molecule has 60 valence electrons. The van der Waals surface area contributed by atoms with Crippen LogP contribution in [0, 0.1) is 5.92 Å². The topological polar surface area (TPSA) is 46.5 Å². The van der Waals surface area contributed by atoms with Crippen LogP contribution in [0.15, 0.2) is 24.3 Å². The van der Waals surface area contributed by atoms with Gasteiger partial charge in [-0.3, -0.25) is 4.79 Å². The Balaban J connectivity index is 2.65. The zero-order valence-corrected chi connectivity index (χ0v) is 6.23. The van der Waals surface area contributed by atoms with Gasteiger partial charge in [0.2, 0.25) is 0 Å². The van der Waals surface area contributed by atoms with Crippen molar-refractivity contribution in [3.05, 3.63) is 24.3 Å². The highest BCUT2D eigenvalue weighted by atomic mass is 16.5. The van der Waals surface area contributed by atoms with Crippen LogP contribution >= 0.6 is 0 Å². The van der Waals surface area contributed by atoms with E-state index in [1.165, 1.54) is 7.11 Å². The minimum absolute atomic E-state index is 0.405. The summed E-state index contributed by atoms with van der Waals surface area (Å²) in [5.74, 6) is -0.942. The van der Waals surface area contributed by atoms with Crippen molar-refractivity contribution >= 4 is 5.97 Å². The first-order valence-electron chi connectivity index (χ1n) is 3.36. The van der Waals surface area contributed by atoms with Crippen molar-refractivity contribution in [2.45, 2.75) is 6.10 Å². The molecule has 3 heteroatoms. The Morgan fingerprint density at radius 2 is 2.09 bits per heavy atom. The van der Waals surface area contributed by atoms with Gasteiger partial charge in [0.05, 0.1) is 13.2 Å². The lowest BCUT2D eigenvalue weighted by Gasteiger charge is -2.15. The summed E-state index contributed by atoms with van der Waals surface area (Å²) in [6.45, 7) is 0. The smallest absolute Gasteiger partial charge is 0.315 e. The Morgan fingerprint density at radius 3 is 2.64 bits per heavy atom. The molecule has 1 aliphatic rings. The average Bonchev–Trinajstić information content (AvgIpc) is 2.04. The van der Waals surface area contributed by atoms with Crippen molar-refractivity contribution in [3.63, 3.8) is 0 Å². The van der Waals surface area contributed by atoms with Gasteiger partial charge in [0, 0.05) is 0 Å². The molecule has 0 heterocycles. The summed E-state index contributed by atoms with van der Waals surface area (Å²) in [6, 6.07) is 0. The summed E-state index contributed by atoms with van der Waals surface area (Å²) in [6.07, 6.45) is 5.85. The van der Waals surface area contributed by atoms with E-state index < -0.39 is 18.0 Å². The predicted molar refractivity (Wildman–Crippen MR) is 39.8 cm³/mol. The van der Waals surface area contributed by atoms with Crippen molar-refractivity contribution in [2.24, 2.45) is 5.92 Å². The van der Waals surface area contributed by atoms with Crippen LogP contribution in [0.1, 0.15) is 0 Å². The number of rotatable bonds is 1. The minimum Gasteiger partial charge on any atom is -0.468 e. The molecule has 0 aromatic rings. The fraction of sp³-hybridized carbons (Fsp3) is 0.375. The SMILES string of the molecule is COC(=O)C1C=CC=CC1O. The van der Waals surface area contributed by atoms with Crippen molar-refractivity contribution in [1.82, 2.24) is 0 Å². The molecule has 1 N–H and O–H groups in total. The molecule has 11 heavy (non-hydrogen) atoms. The average molecular weight is 154 g/mol. The van der Waals surface area contributed by atoms with Gasteiger partial charge >= 0.3 is 5.97 Å². The molecule has 0 bridgehead atoms. The van der Waals surface area contributed by atoms with Gasteiger partial charge < -0.3 is 9.84 Å². The van der Waals surface area contributed by atoms with Crippen LogP contribution in [0.5, 0.6) is 0 Å². The molecule has 0 aromatic carbocycles. The monoisotopic (exact) mass is 154 g/mol. The third-order valence-corrected chi connectivity index (χ3v) is 1.58. The molecule has 0 saturated heterocycles. The number of allylic oxidation sites excluding steroid dienone is 2. The number of carbonyl (C=O) groups is 1. The normalized spacial score (nSPS) is 28.5. The van der Waals surface area contributed by atoms with E-state index in [4.69, 9.17) is 0 Å². The first kappa shape index (κ1) is 8.01. The summed E-state index contributed by atoms with van der Waals surface area (Å²) in [7, 11) is 1.31. The van der Waals surface area contributed by atoms with Crippen molar-refractivity contribution in [1.29, 1.82) is 0 Å². The summed E-state index contributed by atoms with van der Waals surface area (Å²) in [5.41, 5.74) is 0. The fourth-order valence-electron chi connectivity index (χ4n) is 0.949. The van der Waals surface area contributed by atoms with Gasteiger partial charge in [-0.05, 0) is 0 Å². The molecule has 1 rings (SSSR count). The number of hydrogen-bond acceptors (Lipinski definition) is 3. The number of carbonyl (C=O) groups excluding carboxylic acids is 1. The van der Waals surface area contributed by atoms with Gasteiger partial charge in [0.15, 0.2) is 0 Å². The van der Waals surface area contributed by atoms with Crippen LogP contribution in [0.2, 0.25) is 0 Å². The van der Waals surface area contributed by atoms with Crippen LogP contribution < -0.4 is 0 Å². The number of aliphatic hydroxyl groups is 1.